The van der Waals surface area contributed by atoms with Gasteiger partial charge in [0, 0.05) is 6.54 Å². The normalized spacial score (nSPS) is 11.2. The SMILES string of the molecule is CCCCNC(=O)CSc1nnc(CSc2nc3ccccc3s2)n1Cc1ccccc1. The Bertz CT molecular complexity index is 1130. The van der Waals surface area contributed by atoms with E-state index < -0.39 is 0 Å². The lowest BCUT2D eigenvalue weighted by Gasteiger charge is -2.10. The fraction of sp³-hybridized carbons (Fsp3) is 0.304. The predicted molar refractivity (Wildman–Crippen MR) is 133 cm³/mol. The molecule has 0 spiro atoms. The summed E-state index contributed by atoms with van der Waals surface area (Å²) in [6, 6.07) is 18.4. The minimum absolute atomic E-state index is 0.0307. The standard InChI is InChI=1S/C23H25N5OS3/c1-2-3-13-24-21(29)16-30-22-27-26-20(28(22)14-17-9-5-4-6-10-17)15-31-23-25-18-11-7-8-12-19(18)32-23/h4-12H,2-3,13-16H2,1H3,(H,24,29). The number of hydrogen-bond donors (Lipinski definition) is 1. The number of nitrogens with one attached hydrogen (secondary N) is 1. The zero-order valence-electron chi connectivity index (χ0n) is 17.9. The first-order valence-electron chi connectivity index (χ1n) is 10.6. The van der Waals surface area contributed by atoms with Gasteiger partial charge in [0.05, 0.1) is 28.3 Å². The highest BCUT2D eigenvalue weighted by molar-refractivity contribution is 8.00. The van der Waals surface area contributed by atoms with Gasteiger partial charge in [-0.05, 0) is 24.1 Å². The van der Waals surface area contributed by atoms with Crippen molar-refractivity contribution < 1.29 is 4.79 Å². The van der Waals surface area contributed by atoms with E-state index in [1.807, 2.05) is 36.4 Å². The average Bonchev–Trinajstić information content (AvgIpc) is 3.40. The van der Waals surface area contributed by atoms with Crippen LogP contribution in [0.2, 0.25) is 0 Å². The van der Waals surface area contributed by atoms with Gasteiger partial charge < -0.3 is 9.88 Å². The van der Waals surface area contributed by atoms with Gasteiger partial charge in [-0.2, -0.15) is 0 Å². The summed E-state index contributed by atoms with van der Waals surface area (Å²) in [6.07, 6.45) is 2.06. The van der Waals surface area contributed by atoms with Crippen LogP contribution in [0, 0.1) is 0 Å². The molecule has 1 N–H and O–H groups in total. The molecule has 32 heavy (non-hydrogen) atoms. The molecule has 0 aliphatic carbocycles. The van der Waals surface area contributed by atoms with Crippen LogP contribution in [-0.4, -0.2) is 38.0 Å². The van der Waals surface area contributed by atoms with Crippen molar-refractivity contribution in [2.24, 2.45) is 0 Å². The molecular weight excluding hydrogens is 458 g/mol. The van der Waals surface area contributed by atoms with E-state index in [1.165, 1.54) is 22.0 Å². The molecule has 6 nitrogen and oxygen atoms in total. The van der Waals surface area contributed by atoms with Crippen molar-refractivity contribution >= 4 is 51.0 Å². The van der Waals surface area contributed by atoms with Crippen LogP contribution in [0.3, 0.4) is 0 Å². The van der Waals surface area contributed by atoms with Gasteiger partial charge in [-0.25, -0.2) is 4.98 Å². The summed E-state index contributed by atoms with van der Waals surface area (Å²) >= 11 is 4.80. The summed E-state index contributed by atoms with van der Waals surface area (Å²) in [4.78, 5) is 16.9. The molecule has 2 aromatic heterocycles. The Balaban J connectivity index is 1.47. The summed E-state index contributed by atoms with van der Waals surface area (Å²) in [6.45, 7) is 3.50. The second-order valence-electron chi connectivity index (χ2n) is 7.20. The van der Waals surface area contributed by atoms with Crippen LogP contribution >= 0.6 is 34.9 Å². The number of thiazole rings is 1. The third-order valence-corrected chi connectivity index (χ3v) is 7.90. The molecule has 0 unspecified atom stereocenters. The van der Waals surface area contributed by atoms with Crippen LogP contribution in [-0.2, 0) is 17.1 Å². The summed E-state index contributed by atoms with van der Waals surface area (Å²) < 4.78 is 4.32. The third kappa shape index (κ3) is 6.11. The van der Waals surface area contributed by atoms with E-state index >= 15 is 0 Å². The largest absolute Gasteiger partial charge is 0.355 e. The zero-order chi connectivity index (χ0) is 22.2. The van der Waals surface area contributed by atoms with Gasteiger partial charge >= 0.3 is 0 Å². The molecule has 0 atom stereocenters. The maximum atomic E-state index is 12.2. The number of carbonyl (C=O) groups is 1. The van der Waals surface area contributed by atoms with Crippen LogP contribution in [0.15, 0.2) is 64.1 Å². The Labute approximate surface area is 200 Å². The molecule has 2 aromatic carbocycles. The minimum atomic E-state index is 0.0307. The number of aromatic nitrogens is 4. The third-order valence-electron chi connectivity index (χ3n) is 4.76. The molecule has 4 aromatic rings. The highest BCUT2D eigenvalue weighted by Crippen LogP contribution is 2.31. The van der Waals surface area contributed by atoms with Gasteiger partial charge in [0.25, 0.3) is 0 Å². The van der Waals surface area contributed by atoms with E-state index in [-0.39, 0.29) is 5.91 Å². The fourth-order valence-electron chi connectivity index (χ4n) is 3.08. The number of fused-ring (bicyclic) bond motifs is 1. The smallest absolute Gasteiger partial charge is 0.230 e. The lowest BCUT2D eigenvalue weighted by molar-refractivity contribution is -0.118. The molecule has 0 radical (unpaired) electrons. The summed E-state index contributed by atoms with van der Waals surface area (Å²) in [7, 11) is 0. The Morgan fingerprint density at radius 1 is 1.06 bits per heavy atom. The quantitative estimate of drug-likeness (QED) is 0.232. The van der Waals surface area contributed by atoms with Crippen LogP contribution in [0.25, 0.3) is 10.2 Å². The van der Waals surface area contributed by atoms with Gasteiger partial charge in [-0.1, -0.05) is 79.3 Å². The molecule has 166 valence electrons. The van der Waals surface area contributed by atoms with Crippen LogP contribution in [0.5, 0.6) is 0 Å². The number of thioether (sulfide) groups is 2. The molecule has 0 saturated heterocycles. The maximum absolute atomic E-state index is 12.2. The van der Waals surface area contributed by atoms with Crippen molar-refractivity contribution in [3.63, 3.8) is 0 Å². The number of unbranched alkanes of at least 4 members (excludes halogenated alkanes) is 1. The fourth-order valence-corrected chi connectivity index (χ4v) is 5.88. The molecule has 9 heteroatoms. The van der Waals surface area contributed by atoms with Crippen molar-refractivity contribution in [1.29, 1.82) is 0 Å². The number of hydrogen-bond acceptors (Lipinski definition) is 7. The molecule has 0 aliphatic heterocycles. The van der Waals surface area contributed by atoms with E-state index in [2.05, 4.69) is 45.2 Å². The Kier molecular flexibility index (Phi) is 8.19. The lowest BCUT2D eigenvalue weighted by atomic mass is 10.2. The van der Waals surface area contributed by atoms with Crippen molar-refractivity contribution in [1.82, 2.24) is 25.1 Å². The molecule has 0 fully saturated rings. The number of amides is 1. The molecule has 0 aliphatic rings. The van der Waals surface area contributed by atoms with Crippen molar-refractivity contribution in [3.8, 4) is 0 Å². The second-order valence-corrected chi connectivity index (χ2v) is 10.4. The van der Waals surface area contributed by atoms with Crippen molar-refractivity contribution in [2.45, 2.75) is 41.6 Å². The number of nitrogens with zero attached hydrogens (tertiary/aromatic N) is 4. The first kappa shape index (κ1) is 22.8. The zero-order valence-corrected chi connectivity index (χ0v) is 20.3. The van der Waals surface area contributed by atoms with Crippen LogP contribution < -0.4 is 5.32 Å². The van der Waals surface area contributed by atoms with E-state index in [0.717, 1.165) is 40.2 Å². The number of carbonyl (C=O) groups excluding carboxylic acids is 1. The minimum Gasteiger partial charge on any atom is -0.355 e. The van der Waals surface area contributed by atoms with E-state index in [4.69, 9.17) is 4.98 Å². The highest BCUT2D eigenvalue weighted by Gasteiger charge is 2.16. The van der Waals surface area contributed by atoms with Gasteiger partial charge in [-0.15, -0.1) is 21.5 Å². The Morgan fingerprint density at radius 3 is 2.69 bits per heavy atom. The summed E-state index contributed by atoms with van der Waals surface area (Å²) in [5, 5.41) is 12.6. The van der Waals surface area contributed by atoms with Crippen LogP contribution in [0.4, 0.5) is 0 Å². The first-order valence-corrected chi connectivity index (χ1v) is 13.4. The van der Waals surface area contributed by atoms with Gasteiger partial charge in [0.15, 0.2) is 9.50 Å². The molecule has 2 heterocycles. The molecular formula is C23H25N5OS3. The Morgan fingerprint density at radius 2 is 1.88 bits per heavy atom. The first-order chi connectivity index (χ1) is 15.7. The molecule has 0 saturated carbocycles. The van der Waals surface area contributed by atoms with E-state index in [1.54, 1.807) is 23.1 Å². The average molecular weight is 484 g/mol. The van der Waals surface area contributed by atoms with Gasteiger partial charge in [0.2, 0.25) is 5.91 Å². The Hall–Kier alpha value is -2.36. The predicted octanol–water partition coefficient (Wildman–Crippen LogP) is 5.24. The number of para-hydroxylation sites is 1. The van der Waals surface area contributed by atoms with E-state index in [0.29, 0.717) is 18.1 Å². The molecule has 0 bridgehead atoms. The van der Waals surface area contributed by atoms with Crippen molar-refractivity contribution in [2.75, 3.05) is 12.3 Å². The number of benzene rings is 2. The summed E-state index contributed by atoms with van der Waals surface area (Å²) in [5.74, 6) is 1.92. The molecule has 1 amide bonds. The van der Waals surface area contributed by atoms with Gasteiger partial charge in [-0.3, -0.25) is 4.79 Å². The molecule has 4 rings (SSSR count). The topological polar surface area (TPSA) is 72.7 Å². The monoisotopic (exact) mass is 483 g/mol. The maximum Gasteiger partial charge on any atom is 0.230 e. The lowest BCUT2D eigenvalue weighted by Crippen LogP contribution is -2.26. The number of rotatable bonds is 11. The van der Waals surface area contributed by atoms with Gasteiger partial charge in [0.1, 0.15) is 5.82 Å². The van der Waals surface area contributed by atoms with Crippen LogP contribution in [0.1, 0.15) is 31.2 Å². The summed E-state index contributed by atoms with van der Waals surface area (Å²) in [5.41, 5.74) is 2.20. The van der Waals surface area contributed by atoms with E-state index in [9.17, 15) is 4.79 Å². The highest BCUT2D eigenvalue weighted by atomic mass is 32.2. The van der Waals surface area contributed by atoms with Crippen molar-refractivity contribution in [3.05, 3.63) is 66.0 Å². The second kappa shape index (κ2) is 11.5.